The Morgan fingerprint density at radius 1 is 1.37 bits per heavy atom. The monoisotopic (exact) mass is 261 g/mol. The minimum absolute atomic E-state index is 0.0518. The molecule has 2 nitrogen and oxygen atoms in total. The zero-order chi connectivity index (χ0) is 14.3. The molecule has 0 aromatic heterocycles. The van der Waals surface area contributed by atoms with E-state index in [-0.39, 0.29) is 18.3 Å². The zero-order valence-electron chi connectivity index (χ0n) is 11.5. The van der Waals surface area contributed by atoms with E-state index >= 15 is 0 Å². The molecule has 0 unspecified atom stereocenters. The molecule has 0 aliphatic heterocycles. The number of carbonyl (C=O) groups excluding carboxylic acids is 1. The van der Waals surface area contributed by atoms with Crippen LogP contribution in [0.4, 0.5) is 4.39 Å². The molecular formula is C16H20FNO. The first kappa shape index (κ1) is 15.2. The van der Waals surface area contributed by atoms with Crippen LogP contribution >= 0.6 is 0 Å². The van der Waals surface area contributed by atoms with Gasteiger partial charge in [0.1, 0.15) is 5.82 Å². The van der Waals surface area contributed by atoms with Crippen LogP contribution in [-0.2, 0) is 11.3 Å². The summed E-state index contributed by atoms with van der Waals surface area (Å²) in [6.45, 7) is 4.88. The van der Waals surface area contributed by atoms with Gasteiger partial charge in [0.15, 0.2) is 0 Å². The molecule has 0 aliphatic rings. The second-order valence-corrected chi connectivity index (χ2v) is 5.01. The first-order valence-electron chi connectivity index (χ1n) is 6.48. The summed E-state index contributed by atoms with van der Waals surface area (Å²) < 4.78 is 12.8. The normalized spacial score (nSPS) is 10.3. The SMILES string of the molecule is C#CCN(Cc1ccc(F)cc1)C(=O)CCC(C)C. The lowest BCUT2D eigenvalue weighted by Gasteiger charge is -2.21. The van der Waals surface area contributed by atoms with Crippen LogP contribution in [-0.4, -0.2) is 17.4 Å². The third-order valence-electron chi connectivity index (χ3n) is 2.86. The predicted octanol–water partition coefficient (Wildman–Crippen LogP) is 3.22. The number of carbonyl (C=O) groups is 1. The smallest absolute Gasteiger partial charge is 0.223 e. The van der Waals surface area contributed by atoms with Crippen molar-refractivity contribution in [3.05, 3.63) is 35.6 Å². The Balaban J connectivity index is 2.64. The zero-order valence-corrected chi connectivity index (χ0v) is 11.5. The molecule has 0 spiro atoms. The fourth-order valence-electron chi connectivity index (χ4n) is 1.72. The summed E-state index contributed by atoms with van der Waals surface area (Å²) >= 11 is 0. The highest BCUT2D eigenvalue weighted by Gasteiger charge is 2.13. The number of rotatable bonds is 6. The van der Waals surface area contributed by atoms with E-state index in [9.17, 15) is 9.18 Å². The van der Waals surface area contributed by atoms with Crippen LogP contribution in [0.3, 0.4) is 0 Å². The highest BCUT2D eigenvalue weighted by molar-refractivity contribution is 5.76. The van der Waals surface area contributed by atoms with Crippen molar-refractivity contribution >= 4 is 5.91 Å². The van der Waals surface area contributed by atoms with Gasteiger partial charge in [-0.2, -0.15) is 0 Å². The highest BCUT2D eigenvalue weighted by atomic mass is 19.1. The number of hydrogen-bond donors (Lipinski definition) is 0. The second-order valence-electron chi connectivity index (χ2n) is 5.01. The van der Waals surface area contributed by atoms with E-state index < -0.39 is 0 Å². The molecule has 0 aliphatic carbocycles. The van der Waals surface area contributed by atoms with Gasteiger partial charge in [0, 0.05) is 13.0 Å². The van der Waals surface area contributed by atoms with Gasteiger partial charge in [-0.05, 0) is 30.0 Å². The van der Waals surface area contributed by atoms with Crippen molar-refractivity contribution in [3.8, 4) is 12.3 Å². The van der Waals surface area contributed by atoms with Crippen molar-refractivity contribution in [2.24, 2.45) is 5.92 Å². The second kappa shape index (κ2) is 7.58. The molecule has 1 rings (SSSR count). The maximum absolute atomic E-state index is 12.8. The standard InChI is InChI=1S/C16H20FNO/c1-4-11-18(16(19)10-5-13(2)3)12-14-6-8-15(17)9-7-14/h1,6-9,13H,5,10-12H2,2-3H3. The molecule has 0 atom stereocenters. The lowest BCUT2D eigenvalue weighted by Crippen LogP contribution is -2.31. The third kappa shape index (κ3) is 5.56. The average Bonchev–Trinajstić information content (AvgIpc) is 2.38. The number of amides is 1. The van der Waals surface area contributed by atoms with E-state index in [2.05, 4.69) is 19.8 Å². The fraction of sp³-hybridized carbons (Fsp3) is 0.438. The van der Waals surface area contributed by atoms with Crippen LogP contribution < -0.4 is 0 Å². The van der Waals surface area contributed by atoms with Gasteiger partial charge in [0.25, 0.3) is 0 Å². The highest BCUT2D eigenvalue weighted by Crippen LogP contribution is 2.10. The Morgan fingerprint density at radius 2 is 2.00 bits per heavy atom. The number of hydrogen-bond acceptors (Lipinski definition) is 1. The fourth-order valence-corrected chi connectivity index (χ4v) is 1.72. The molecule has 1 amide bonds. The molecule has 102 valence electrons. The van der Waals surface area contributed by atoms with Crippen LogP contribution in [0.2, 0.25) is 0 Å². The topological polar surface area (TPSA) is 20.3 Å². The molecule has 0 fully saturated rings. The van der Waals surface area contributed by atoms with E-state index in [0.29, 0.717) is 18.9 Å². The molecular weight excluding hydrogens is 241 g/mol. The van der Waals surface area contributed by atoms with Crippen molar-refractivity contribution in [1.82, 2.24) is 4.90 Å². The van der Waals surface area contributed by atoms with Gasteiger partial charge >= 0.3 is 0 Å². The molecule has 0 saturated heterocycles. The van der Waals surface area contributed by atoms with Crippen LogP contribution in [0, 0.1) is 24.1 Å². The average molecular weight is 261 g/mol. The lowest BCUT2D eigenvalue weighted by molar-refractivity contribution is -0.131. The summed E-state index contributed by atoms with van der Waals surface area (Å²) in [6.07, 6.45) is 6.65. The van der Waals surface area contributed by atoms with Gasteiger partial charge in [-0.25, -0.2) is 4.39 Å². The molecule has 0 bridgehead atoms. The van der Waals surface area contributed by atoms with Gasteiger partial charge in [0.05, 0.1) is 6.54 Å². The summed E-state index contributed by atoms with van der Waals surface area (Å²) in [5.41, 5.74) is 0.884. The number of benzene rings is 1. The largest absolute Gasteiger partial charge is 0.327 e. The van der Waals surface area contributed by atoms with E-state index in [1.54, 1.807) is 17.0 Å². The number of terminal acetylenes is 1. The summed E-state index contributed by atoms with van der Waals surface area (Å²) in [6, 6.07) is 6.13. The predicted molar refractivity (Wildman–Crippen MR) is 74.7 cm³/mol. The van der Waals surface area contributed by atoms with Crippen LogP contribution in [0.5, 0.6) is 0 Å². The van der Waals surface area contributed by atoms with Gasteiger partial charge in [-0.15, -0.1) is 6.42 Å². The number of halogens is 1. The molecule has 3 heteroatoms. The minimum atomic E-state index is -0.279. The van der Waals surface area contributed by atoms with Crippen LogP contribution in [0.15, 0.2) is 24.3 Å². The van der Waals surface area contributed by atoms with Gasteiger partial charge in [-0.1, -0.05) is 31.9 Å². The van der Waals surface area contributed by atoms with Crippen LogP contribution in [0.25, 0.3) is 0 Å². The Morgan fingerprint density at radius 3 is 2.53 bits per heavy atom. The van der Waals surface area contributed by atoms with E-state index in [1.807, 2.05) is 0 Å². The summed E-state index contributed by atoms with van der Waals surface area (Å²) in [5, 5.41) is 0. The van der Waals surface area contributed by atoms with Crippen molar-refractivity contribution < 1.29 is 9.18 Å². The van der Waals surface area contributed by atoms with E-state index in [4.69, 9.17) is 6.42 Å². The van der Waals surface area contributed by atoms with Crippen molar-refractivity contribution in [3.63, 3.8) is 0 Å². The van der Waals surface area contributed by atoms with Gasteiger partial charge in [0.2, 0.25) is 5.91 Å². The van der Waals surface area contributed by atoms with Crippen LogP contribution in [0.1, 0.15) is 32.3 Å². The quantitative estimate of drug-likeness (QED) is 0.720. The van der Waals surface area contributed by atoms with Crippen molar-refractivity contribution in [2.75, 3.05) is 6.54 Å². The minimum Gasteiger partial charge on any atom is -0.327 e. The van der Waals surface area contributed by atoms with Crippen molar-refractivity contribution in [2.45, 2.75) is 33.2 Å². The molecule has 0 radical (unpaired) electrons. The number of nitrogens with zero attached hydrogens (tertiary/aromatic N) is 1. The molecule has 0 N–H and O–H groups in total. The first-order valence-corrected chi connectivity index (χ1v) is 6.48. The Hall–Kier alpha value is -1.82. The Kier molecular flexibility index (Phi) is 6.08. The molecule has 0 saturated carbocycles. The molecule has 0 heterocycles. The summed E-state index contributed by atoms with van der Waals surface area (Å²) in [7, 11) is 0. The van der Waals surface area contributed by atoms with Gasteiger partial charge < -0.3 is 4.90 Å². The third-order valence-corrected chi connectivity index (χ3v) is 2.86. The molecule has 19 heavy (non-hydrogen) atoms. The Labute approximate surface area is 114 Å². The molecule has 1 aromatic carbocycles. The maximum Gasteiger partial charge on any atom is 0.223 e. The van der Waals surface area contributed by atoms with Gasteiger partial charge in [-0.3, -0.25) is 4.79 Å². The Bertz CT molecular complexity index is 445. The van der Waals surface area contributed by atoms with Crippen molar-refractivity contribution in [1.29, 1.82) is 0 Å². The molecule has 1 aromatic rings. The van der Waals surface area contributed by atoms with E-state index in [1.165, 1.54) is 12.1 Å². The maximum atomic E-state index is 12.8. The van der Waals surface area contributed by atoms with E-state index in [0.717, 1.165) is 12.0 Å². The lowest BCUT2D eigenvalue weighted by atomic mass is 10.1. The summed E-state index contributed by atoms with van der Waals surface area (Å²) in [4.78, 5) is 13.7. The summed E-state index contributed by atoms with van der Waals surface area (Å²) in [5.74, 6) is 2.76. The first-order chi connectivity index (χ1) is 9.02.